The van der Waals surface area contributed by atoms with Gasteiger partial charge in [0, 0.05) is 5.75 Å². The van der Waals surface area contributed by atoms with E-state index in [4.69, 9.17) is 5.11 Å². The molecule has 0 aromatic rings. The first-order valence-electron chi connectivity index (χ1n) is 3.71. The molecular weight excluding hydrogens is 162 g/mol. The summed E-state index contributed by atoms with van der Waals surface area (Å²) in [6.07, 6.45) is 0. The SMILES string of the molecule is CC(C)[C@@H]1N[C@H](C(=O)O)CS1. The van der Waals surface area contributed by atoms with Crippen LogP contribution in [-0.4, -0.2) is 28.2 Å². The van der Waals surface area contributed by atoms with Gasteiger partial charge in [0.2, 0.25) is 0 Å². The van der Waals surface area contributed by atoms with Crippen LogP contribution in [0.15, 0.2) is 0 Å². The second-order valence-electron chi connectivity index (χ2n) is 3.06. The number of carboxylic acid groups (broad SMARTS) is 1. The van der Waals surface area contributed by atoms with Gasteiger partial charge < -0.3 is 5.11 Å². The maximum atomic E-state index is 10.5. The summed E-state index contributed by atoms with van der Waals surface area (Å²) in [4.78, 5) is 10.5. The average molecular weight is 175 g/mol. The van der Waals surface area contributed by atoms with Gasteiger partial charge in [-0.1, -0.05) is 13.8 Å². The molecule has 11 heavy (non-hydrogen) atoms. The van der Waals surface area contributed by atoms with Crippen LogP contribution >= 0.6 is 11.8 Å². The topological polar surface area (TPSA) is 49.3 Å². The summed E-state index contributed by atoms with van der Waals surface area (Å²) in [5.41, 5.74) is 0. The first kappa shape index (κ1) is 8.87. The molecule has 2 atom stereocenters. The highest BCUT2D eigenvalue weighted by Crippen LogP contribution is 2.24. The molecule has 1 fully saturated rings. The molecule has 1 rings (SSSR count). The van der Waals surface area contributed by atoms with Gasteiger partial charge in [-0.3, -0.25) is 10.1 Å². The Bertz CT molecular complexity index is 161. The first-order valence-corrected chi connectivity index (χ1v) is 4.76. The zero-order chi connectivity index (χ0) is 8.43. The fourth-order valence-corrected chi connectivity index (χ4v) is 2.31. The molecule has 0 radical (unpaired) electrons. The van der Waals surface area contributed by atoms with Gasteiger partial charge in [-0.15, -0.1) is 11.8 Å². The number of hydrogen-bond acceptors (Lipinski definition) is 3. The van der Waals surface area contributed by atoms with E-state index in [-0.39, 0.29) is 6.04 Å². The number of carbonyl (C=O) groups is 1. The Morgan fingerprint density at radius 3 is 2.64 bits per heavy atom. The Morgan fingerprint density at radius 2 is 2.36 bits per heavy atom. The molecule has 3 nitrogen and oxygen atoms in total. The Kier molecular flexibility index (Phi) is 2.78. The Hall–Kier alpha value is -0.220. The van der Waals surface area contributed by atoms with Crippen molar-refractivity contribution in [1.82, 2.24) is 5.32 Å². The summed E-state index contributed by atoms with van der Waals surface area (Å²) >= 11 is 1.69. The molecule has 0 aliphatic carbocycles. The van der Waals surface area contributed by atoms with Crippen LogP contribution in [0.1, 0.15) is 13.8 Å². The van der Waals surface area contributed by atoms with Crippen LogP contribution in [0.25, 0.3) is 0 Å². The first-order chi connectivity index (χ1) is 5.11. The van der Waals surface area contributed by atoms with Gasteiger partial charge in [-0.2, -0.15) is 0 Å². The van der Waals surface area contributed by atoms with Crippen LogP contribution in [0, 0.1) is 5.92 Å². The lowest BCUT2D eigenvalue weighted by Crippen LogP contribution is -2.38. The number of rotatable bonds is 2. The van der Waals surface area contributed by atoms with Gasteiger partial charge in [0.25, 0.3) is 0 Å². The predicted molar refractivity (Wildman–Crippen MR) is 45.6 cm³/mol. The van der Waals surface area contributed by atoms with E-state index >= 15 is 0 Å². The molecular formula is C7H13NO2S. The van der Waals surface area contributed by atoms with E-state index in [9.17, 15) is 4.79 Å². The Balaban J connectivity index is 2.41. The van der Waals surface area contributed by atoms with Gasteiger partial charge in [0.1, 0.15) is 6.04 Å². The highest BCUT2D eigenvalue weighted by molar-refractivity contribution is 8.00. The molecule has 0 amide bonds. The van der Waals surface area contributed by atoms with Gasteiger partial charge >= 0.3 is 5.97 Å². The summed E-state index contributed by atoms with van der Waals surface area (Å²) in [5.74, 6) is 0.461. The zero-order valence-corrected chi connectivity index (χ0v) is 7.52. The highest BCUT2D eigenvalue weighted by atomic mass is 32.2. The lowest BCUT2D eigenvalue weighted by molar-refractivity contribution is -0.138. The monoisotopic (exact) mass is 175 g/mol. The predicted octanol–water partition coefficient (Wildman–Crippen LogP) is 0.758. The molecule has 0 spiro atoms. The summed E-state index contributed by atoms with van der Waals surface area (Å²) in [6.45, 7) is 4.18. The van der Waals surface area contributed by atoms with Crippen molar-refractivity contribution in [2.45, 2.75) is 25.3 Å². The van der Waals surface area contributed by atoms with Crippen molar-refractivity contribution in [2.75, 3.05) is 5.75 Å². The number of aliphatic carboxylic acids is 1. The Morgan fingerprint density at radius 1 is 1.73 bits per heavy atom. The van der Waals surface area contributed by atoms with Crippen LogP contribution in [-0.2, 0) is 4.79 Å². The molecule has 0 aromatic carbocycles. The van der Waals surface area contributed by atoms with E-state index in [0.29, 0.717) is 17.0 Å². The molecule has 4 heteroatoms. The van der Waals surface area contributed by atoms with E-state index in [1.807, 2.05) is 0 Å². The average Bonchev–Trinajstić information content (AvgIpc) is 2.33. The van der Waals surface area contributed by atoms with Crippen LogP contribution in [0.3, 0.4) is 0 Å². The van der Waals surface area contributed by atoms with Crippen molar-refractivity contribution >= 4 is 17.7 Å². The molecule has 0 bridgehead atoms. The minimum absolute atomic E-state index is 0.316. The van der Waals surface area contributed by atoms with Crippen molar-refractivity contribution < 1.29 is 9.90 Å². The number of nitrogens with one attached hydrogen (secondary N) is 1. The fourth-order valence-electron chi connectivity index (χ4n) is 1.02. The highest BCUT2D eigenvalue weighted by Gasteiger charge is 2.30. The molecule has 1 aliphatic rings. The molecule has 1 aliphatic heterocycles. The summed E-state index contributed by atoms with van der Waals surface area (Å²) < 4.78 is 0. The Labute approximate surface area is 70.6 Å². The molecule has 0 aromatic heterocycles. The van der Waals surface area contributed by atoms with Crippen molar-refractivity contribution in [3.8, 4) is 0 Å². The van der Waals surface area contributed by atoms with Crippen molar-refractivity contribution in [3.63, 3.8) is 0 Å². The lowest BCUT2D eigenvalue weighted by atomic mass is 10.2. The van der Waals surface area contributed by atoms with E-state index in [2.05, 4.69) is 19.2 Å². The van der Waals surface area contributed by atoms with E-state index in [1.54, 1.807) is 11.8 Å². The van der Waals surface area contributed by atoms with Crippen molar-refractivity contribution in [2.24, 2.45) is 5.92 Å². The van der Waals surface area contributed by atoms with E-state index in [1.165, 1.54) is 0 Å². The number of carboxylic acids is 1. The van der Waals surface area contributed by atoms with Gasteiger partial charge in [0.05, 0.1) is 5.37 Å². The molecule has 1 saturated heterocycles. The van der Waals surface area contributed by atoms with E-state index in [0.717, 1.165) is 0 Å². The van der Waals surface area contributed by atoms with Gasteiger partial charge in [-0.05, 0) is 5.92 Å². The van der Waals surface area contributed by atoms with Crippen LogP contribution < -0.4 is 5.32 Å². The summed E-state index contributed by atoms with van der Waals surface area (Å²) in [7, 11) is 0. The third-order valence-electron chi connectivity index (χ3n) is 1.71. The third kappa shape index (κ3) is 2.10. The quantitative estimate of drug-likeness (QED) is 0.650. The third-order valence-corrected chi connectivity index (χ3v) is 3.28. The summed E-state index contributed by atoms with van der Waals surface area (Å²) in [6, 6.07) is -0.340. The van der Waals surface area contributed by atoms with E-state index < -0.39 is 5.97 Å². The molecule has 1 heterocycles. The van der Waals surface area contributed by atoms with Crippen LogP contribution in [0.4, 0.5) is 0 Å². The minimum Gasteiger partial charge on any atom is -0.480 e. The lowest BCUT2D eigenvalue weighted by Gasteiger charge is -2.13. The zero-order valence-electron chi connectivity index (χ0n) is 6.70. The van der Waals surface area contributed by atoms with Gasteiger partial charge in [-0.25, -0.2) is 0 Å². The smallest absolute Gasteiger partial charge is 0.321 e. The van der Waals surface area contributed by atoms with Crippen molar-refractivity contribution in [3.05, 3.63) is 0 Å². The summed E-state index contributed by atoms with van der Waals surface area (Å²) in [5, 5.41) is 12.0. The van der Waals surface area contributed by atoms with Crippen molar-refractivity contribution in [1.29, 1.82) is 0 Å². The standard InChI is InChI=1S/C7H13NO2S/c1-4(2)6-8-5(3-11-6)7(9)10/h4-6,8H,3H2,1-2H3,(H,9,10)/t5-,6+/m0/s1. The fraction of sp³-hybridized carbons (Fsp3) is 0.857. The number of hydrogen-bond donors (Lipinski definition) is 2. The molecule has 64 valence electrons. The molecule has 2 N–H and O–H groups in total. The second kappa shape index (κ2) is 3.45. The van der Waals surface area contributed by atoms with Crippen LogP contribution in [0.5, 0.6) is 0 Å². The normalized spacial score (nSPS) is 31.2. The number of thioether (sulfide) groups is 1. The molecule has 0 saturated carbocycles. The van der Waals surface area contributed by atoms with Gasteiger partial charge in [0.15, 0.2) is 0 Å². The second-order valence-corrected chi connectivity index (χ2v) is 4.23. The van der Waals surface area contributed by atoms with Crippen LogP contribution in [0.2, 0.25) is 0 Å². The maximum Gasteiger partial charge on any atom is 0.321 e. The molecule has 0 unspecified atom stereocenters. The largest absolute Gasteiger partial charge is 0.480 e. The maximum absolute atomic E-state index is 10.5. The minimum atomic E-state index is -0.736.